The fourth-order valence-corrected chi connectivity index (χ4v) is 2.88. The van der Waals surface area contributed by atoms with E-state index in [1.165, 1.54) is 10.4 Å². The van der Waals surface area contributed by atoms with E-state index in [1.54, 1.807) is 36.3 Å². The second-order valence-corrected chi connectivity index (χ2v) is 5.55. The molecule has 0 aliphatic rings. The van der Waals surface area contributed by atoms with Crippen LogP contribution < -0.4 is 5.43 Å². The average molecular weight is 283 g/mol. The number of hydrogen-bond acceptors (Lipinski definition) is 6. The van der Waals surface area contributed by atoms with Crippen LogP contribution in [0.4, 0.5) is 5.82 Å². The van der Waals surface area contributed by atoms with E-state index in [4.69, 9.17) is 0 Å². The first-order chi connectivity index (χ1) is 9.75. The Hall–Kier alpha value is -2.34. The number of nitrogens with zero attached hydrogens (tertiary/aromatic N) is 4. The zero-order chi connectivity index (χ0) is 13.9. The van der Waals surface area contributed by atoms with Gasteiger partial charge in [0.2, 0.25) is 0 Å². The van der Waals surface area contributed by atoms with Gasteiger partial charge in [-0.3, -0.25) is 10.4 Å². The van der Waals surface area contributed by atoms with Crippen molar-refractivity contribution in [2.45, 2.75) is 13.8 Å². The quantitative estimate of drug-likeness (QED) is 0.592. The molecular weight excluding hydrogens is 270 g/mol. The Labute approximate surface area is 120 Å². The number of hydrogen-bond donors (Lipinski definition) is 1. The number of hydrazone groups is 1. The van der Waals surface area contributed by atoms with E-state index < -0.39 is 0 Å². The lowest BCUT2D eigenvalue weighted by atomic mass is 10.2. The fraction of sp³-hybridized carbons (Fsp3) is 0.143. The number of anilines is 1. The highest BCUT2D eigenvalue weighted by Crippen LogP contribution is 2.32. The maximum Gasteiger partial charge on any atom is 0.158 e. The third kappa shape index (κ3) is 2.37. The number of nitrogens with one attached hydrogen (secondary N) is 1. The first-order valence-electron chi connectivity index (χ1n) is 6.15. The van der Waals surface area contributed by atoms with E-state index in [2.05, 4.69) is 39.3 Å². The van der Waals surface area contributed by atoms with Crippen LogP contribution in [0.1, 0.15) is 16.0 Å². The molecule has 3 heterocycles. The molecule has 6 heteroatoms. The third-order valence-corrected chi connectivity index (χ3v) is 4.15. The SMILES string of the molecule is Cc1sc2ncnc(N/N=C/c3cccnc3)c2c1C. The van der Waals surface area contributed by atoms with E-state index in [0.717, 1.165) is 21.6 Å². The molecule has 0 amide bonds. The standard InChI is InChI=1S/C14H13N5S/c1-9-10(2)20-14-12(9)13(16-8-17-14)19-18-7-11-4-3-5-15-6-11/h3-8H,1-2H3,(H,16,17,19)/b18-7+. The van der Waals surface area contributed by atoms with Gasteiger partial charge < -0.3 is 0 Å². The van der Waals surface area contributed by atoms with Crippen molar-refractivity contribution in [1.82, 2.24) is 15.0 Å². The van der Waals surface area contributed by atoms with E-state index in [1.807, 2.05) is 12.1 Å². The lowest BCUT2D eigenvalue weighted by molar-refractivity contribution is 1.19. The number of aromatic nitrogens is 3. The van der Waals surface area contributed by atoms with Gasteiger partial charge in [0.1, 0.15) is 11.2 Å². The molecule has 3 rings (SSSR count). The molecule has 0 aliphatic carbocycles. The second kappa shape index (κ2) is 5.34. The van der Waals surface area contributed by atoms with Crippen molar-refractivity contribution in [1.29, 1.82) is 0 Å². The fourth-order valence-electron chi connectivity index (χ4n) is 1.89. The Balaban J connectivity index is 1.90. The van der Waals surface area contributed by atoms with Gasteiger partial charge in [0, 0.05) is 22.8 Å². The Morgan fingerprint density at radius 1 is 1.30 bits per heavy atom. The van der Waals surface area contributed by atoms with E-state index in [-0.39, 0.29) is 0 Å². The number of thiophene rings is 1. The van der Waals surface area contributed by atoms with Crippen LogP contribution in [0.3, 0.4) is 0 Å². The van der Waals surface area contributed by atoms with Gasteiger partial charge in [-0.2, -0.15) is 5.10 Å². The van der Waals surface area contributed by atoms with Crippen LogP contribution in [0.25, 0.3) is 10.2 Å². The van der Waals surface area contributed by atoms with Gasteiger partial charge in [0.15, 0.2) is 5.82 Å². The molecule has 0 aromatic carbocycles. The largest absolute Gasteiger partial charge is 0.264 e. The summed E-state index contributed by atoms with van der Waals surface area (Å²) in [6, 6.07) is 3.81. The number of rotatable bonds is 3. The van der Waals surface area contributed by atoms with Gasteiger partial charge >= 0.3 is 0 Å². The maximum absolute atomic E-state index is 4.30. The Morgan fingerprint density at radius 2 is 2.20 bits per heavy atom. The highest BCUT2D eigenvalue weighted by Gasteiger charge is 2.10. The lowest BCUT2D eigenvalue weighted by Crippen LogP contribution is -1.95. The number of aryl methyl sites for hydroxylation is 2. The summed E-state index contributed by atoms with van der Waals surface area (Å²) in [6.07, 6.45) is 6.76. The zero-order valence-electron chi connectivity index (χ0n) is 11.2. The lowest BCUT2D eigenvalue weighted by Gasteiger charge is -2.01. The van der Waals surface area contributed by atoms with Crippen molar-refractivity contribution in [2.24, 2.45) is 5.10 Å². The third-order valence-electron chi connectivity index (χ3n) is 3.03. The van der Waals surface area contributed by atoms with Gasteiger partial charge in [0.25, 0.3) is 0 Å². The summed E-state index contributed by atoms with van der Waals surface area (Å²) in [6.45, 7) is 4.16. The van der Waals surface area contributed by atoms with Crippen LogP contribution in [0.2, 0.25) is 0 Å². The molecule has 0 atom stereocenters. The molecule has 0 radical (unpaired) electrons. The minimum absolute atomic E-state index is 0.733. The van der Waals surface area contributed by atoms with Gasteiger partial charge in [-0.25, -0.2) is 9.97 Å². The summed E-state index contributed by atoms with van der Waals surface area (Å²) in [5, 5.41) is 5.25. The van der Waals surface area contributed by atoms with Crippen LogP contribution in [0.5, 0.6) is 0 Å². The molecular formula is C14H13N5S. The van der Waals surface area contributed by atoms with Gasteiger partial charge in [-0.1, -0.05) is 6.07 Å². The molecule has 0 spiro atoms. The predicted octanol–water partition coefficient (Wildman–Crippen LogP) is 3.15. The van der Waals surface area contributed by atoms with E-state index in [9.17, 15) is 0 Å². The van der Waals surface area contributed by atoms with Gasteiger partial charge in [0.05, 0.1) is 11.6 Å². The molecule has 0 saturated carbocycles. The van der Waals surface area contributed by atoms with Crippen molar-refractivity contribution in [3.63, 3.8) is 0 Å². The van der Waals surface area contributed by atoms with Crippen molar-refractivity contribution in [3.05, 3.63) is 46.9 Å². The normalized spacial score (nSPS) is 11.3. The topological polar surface area (TPSA) is 63.1 Å². The molecule has 0 saturated heterocycles. The highest BCUT2D eigenvalue weighted by atomic mass is 32.1. The summed E-state index contributed by atoms with van der Waals surface area (Å²) in [7, 11) is 0. The Kier molecular flexibility index (Phi) is 3.39. The molecule has 0 fully saturated rings. The van der Waals surface area contributed by atoms with Crippen molar-refractivity contribution < 1.29 is 0 Å². The molecule has 0 unspecified atom stereocenters. The monoisotopic (exact) mass is 283 g/mol. The second-order valence-electron chi connectivity index (χ2n) is 4.34. The van der Waals surface area contributed by atoms with Crippen LogP contribution in [0.15, 0.2) is 36.0 Å². The molecule has 0 aliphatic heterocycles. The van der Waals surface area contributed by atoms with Crippen molar-refractivity contribution in [2.75, 3.05) is 5.43 Å². The summed E-state index contributed by atoms with van der Waals surface area (Å²) in [4.78, 5) is 14.8. The average Bonchev–Trinajstić information content (AvgIpc) is 2.76. The van der Waals surface area contributed by atoms with Crippen LogP contribution in [-0.4, -0.2) is 21.2 Å². The van der Waals surface area contributed by atoms with E-state index in [0.29, 0.717) is 0 Å². The highest BCUT2D eigenvalue weighted by molar-refractivity contribution is 7.18. The minimum atomic E-state index is 0.733. The molecule has 5 nitrogen and oxygen atoms in total. The molecule has 100 valence electrons. The van der Waals surface area contributed by atoms with Crippen molar-refractivity contribution in [3.8, 4) is 0 Å². The minimum Gasteiger partial charge on any atom is -0.264 e. The number of pyridine rings is 1. The Bertz CT molecular complexity index is 764. The predicted molar refractivity (Wildman–Crippen MR) is 82.3 cm³/mol. The first kappa shape index (κ1) is 12.7. The number of fused-ring (bicyclic) bond motifs is 1. The Morgan fingerprint density at radius 3 is 3.00 bits per heavy atom. The zero-order valence-corrected chi connectivity index (χ0v) is 12.0. The van der Waals surface area contributed by atoms with E-state index >= 15 is 0 Å². The summed E-state index contributed by atoms with van der Waals surface area (Å²) >= 11 is 1.67. The molecule has 0 bridgehead atoms. The molecule has 3 aromatic heterocycles. The molecule has 20 heavy (non-hydrogen) atoms. The first-order valence-corrected chi connectivity index (χ1v) is 6.97. The van der Waals surface area contributed by atoms with Crippen LogP contribution in [-0.2, 0) is 0 Å². The smallest absolute Gasteiger partial charge is 0.158 e. The van der Waals surface area contributed by atoms with Crippen LogP contribution in [0, 0.1) is 13.8 Å². The molecule has 3 aromatic rings. The van der Waals surface area contributed by atoms with Gasteiger partial charge in [-0.05, 0) is 25.5 Å². The van der Waals surface area contributed by atoms with Crippen LogP contribution >= 0.6 is 11.3 Å². The summed E-state index contributed by atoms with van der Waals surface area (Å²) in [5.41, 5.74) is 5.12. The van der Waals surface area contributed by atoms with Gasteiger partial charge in [-0.15, -0.1) is 11.3 Å². The van der Waals surface area contributed by atoms with Crippen molar-refractivity contribution >= 4 is 33.6 Å². The summed E-state index contributed by atoms with van der Waals surface area (Å²) < 4.78 is 0. The maximum atomic E-state index is 4.30. The molecule has 1 N–H and O–H groups in total. The summed E-state index contributed by atoms with van der Waals surface area (Å²) in [5.74, 6) is 0.733.